The van der Waals surface area contributed by atoms with E-state index in [0.29, 0.717) is 39.7 Å². The van der Waals surface area contributed by atoms with Crippen molar-refractivity contribution in [1.82, 2.24) is 33.2 Å². The second-order valence-electron chi connectivity index (χ2n) is 20.2. The minimum atomic E-state index is 0.370. The standard InChI is InChI=1S/C71H41N9/c72-42-44-30-36-65(79-63-28-14-8-22-53(63)55-34-32-47(40-67(55)79)77-59-24-10-4-18-49(59)50-19-5-11-25-60(50)77)57(38-44)70-74-69(46-16-2-1-3-17-46)75-71(76-70)58-39-45(43-73)31-37-66(58)80-64-29-15-9-23-54(64)56-35-33-48(41-68(56)80)78-61-26-12-6-20-51(61)52-21-7-13-27-62(52)78/h1-41H. The van der Waals surface area contributed by atoms with Crippen molar-refractivity contribution >= 4 is 87.2 Å². The van der Waals surface area contributed by atoms with Crippen LogP contribution >= 0.6 is 0 Å². The van der Waals surface area contributed by atoms with Crippen LogP contribution in [0, 0.1) is 22.7 Å². The summed E-state index contributed by atoms with van der Waals surface area (Å²) in [6.07, 6.45) is 0. The maximum Gasteiger partial charge on any atom is 0.166 e. The SMILES string of the molecule is N#Cc1ccc(-n2c3ccccc3c3ccc(-n4c5ccccc5c5ccccc54)cc32)c(-c2nc(-c3ccccc3)nc(-c3cc(C#N)ccc3-n3c4ccccc4c4ccc(-n5c6ccccc6c6ccccc65)cc43)n2)c1. The predicted molar refractivity (Wildman–Crippen MR) is 323 cm³/mol. The van der Waals surface area contributed by atoms with Crippen molar-refractivity contribution in [3.05, 3.63) is 260 Å². The Labute approximate surface area is 457 Å². The molecule has 9 nitrogen and oxygen atoms in total. The van der Waals surface area contributed by atoms with Crippen LogP contribution in [0.1, 0.15) is 11.1 Å². The van der Waals surface area contributed by atoms with Gasteiger partial charge in [0, 0.05) is 71.2 Å². The minimum Gasteiger partial charge on any atom is -0.309 e. The fraction of sp³-hybridized carbons (Fsp3) is 0. The summed E-state index contributed by atoms with van der Waals surface area (Å²) in [5, 5.41) is 30.4. The van der Waals surface area contributed by atoms with Gasteiger partial charge in [-0.25, -0.2) is 15.0 Å². The highest BCUT2D eigenvalue weighted by Gasteiger charge is 2.25. The van der Waals surface area contributed by atoms with Gasteiger partial charge in [0.05, 0.1) is 78.8 Å². The maximum atomic E-state index is 10.7. The van der Waals surface area contributed by atoms with Crippen molar-refractivity contribution in [2.75, 3.05) is 0 Å². The topological polar surface area (TPSA) is 106 Å². The molecule has 370 valence electrons. The molecule has 0 atom stereocenters. The molecule has 0 radical (unpaired) electrons. The summed E-state index contributed by atoms with van der Waals surface area (Å²) in [6, 6.07) is 90.7. The summed E-state index contributed by atoms with van der Waals surface area (Å²) in [7, 11) is 0. The summed E-state index contributed by atoms with van der Waals surface area (Å²) >= 11 is 0. The molecule has 0 saturated heterocycles. The first kappa shape index (κ1) is 44.9. The Morgan fingerprint density at radius 2 is 0.575 bits per heavy atom. The highest BCUT2D eigenvalue weighted by Crippen LogP contribution is 2.42. The lowest BCUT2D eigenvalue weighted by Gasteiger charge is -2.17. The molecule has 0 aliphatic rings. The Hall–Kier alpha value is -11.4. The number of nitriles is 2. The number of aromatic nitrogens is 7. The van der Waals surface area contributed by atoms with Crippen LogP contribution in [0.15, 0.2) is 249 Å². The summed E-state index contributed by atoms with van der Waals surface area (Å²) in [6.45, 7) is 0. The van der Waals surface area contributed by atoms with Gasteiger partial charge in [-0.2, -0.15) is 10.5 Å². The predicted octanol–water partition coefficient (Wildman–Crippen LogP) is 17.0. The molecule has 0 bridgehead atoms. The number of hydrogen-bond acceptors (Lipinski definition) is 5. The van der Waals surface area contributed by atoms with Gasteiger partial charge in [0.1, 0.15) is 0 Å². The van der Waals surface area contributed by atoms with E-state index in [2.05, 4.69) is 212 Å². The highest BCUT2D eigenvalue weighted by atomic mass is 15.1. The molecule has 0 saturated carbocycles. The monoisotopic (exact) mass is 1020 g/mol. The number of fused-ring (bicyclic) bond motifs is 12. The fourth-order valence-corrected chi connectivity index (χ4v) is 12.4. The Kier molecular flexibility index (Phi) is 9.86. The molecule has 16 rings (SSSR count). The Balaban J connectivity index is 0.951. The van der Waals surface area contributed by atoms with E-state index in [1.807, 2.05) is 66.7 Å². The fourth-order valence-electron chi connectivity index (χ4n) is 12.4. The smallest absolute Gasteiger partial charge is 0.166 e. The van der Waals surface area contributed by atoms with E-state index in [-0.39, 0.29) is 0 Å². The molecule has 5 aromatic heterocycles. The Morgan fingerprint density at radius 3 is 0.938 bits per heavy atom. The average Bonchev–Trinajstić information content (AvgIpc) is 4.46. The summed E-state index contributed by atoms with van der Waals surface area (Å²) in [5.41, 5.74) is 15.0. The van der Waals surface area contributed by atoms with Crippen LogP contribution in [0.2, 0.25) is 0 Å². The normalized spacial score (nSPS) is 11.7. The Morgan fingerprint density at radius 1 is 0.263 bits per heavy atom. The van der Waals surface area contributed by atoms with Gasteiger partial charge in [0.2, 0.25) is 0 Å². The second-order valence-corrected chi connectivity index (χ2v) is 20.2. The summed E-state index contributed by atoms with van der Waals surface area (Å²) < 4.78 is 9.23. The van der Waals surface area contributed by atoms with Gasteiger partial charge in [-0.1, -0.05) is 152 Å². The first-order chi connectivity index (χ1) is 39.6. The number of hydrogen-bond donors (Lipinski definition) is 0. The zero-order chi connectivity index (χ0) is 53.0. The van der Waals surface area contributed by atoms with Gasteiger partial charge >= 0.3 is 0 Å². The molecule has 0 amide bonds. The van der Waals surface area contributed by atoms with Crippen LogP contribution in [0.25, 0.3) is 144 Å². The third-order valence-electron chi connectivity index (χ3n) is 15.9. The van der Waals surface area contributed by atoms with Gasteiger partial charge in [0.25, 0.3) is 0 Å². The van der Waals surface area contributed by atoms with Gasteiger partial charge in [0.15, 0.2) is 17.5 Å². The Bertz CT molecular complexity index is 4930. The van der Waals surface area contributed by atoms with Crippen molar-refractivity contribution in [2.24, 2.45) is 0 Å². The lowest BCUT2D eigenvalue weighted by molar-refractivity contribution is 1.06. The van der Waals surface area contributed by atoms with Crippen LogP contribution in [-0.4, -0.2) is 33.2 Å². The second kappa shape index (κ2) is 17.6. The van der Waals surface area contributed by atoms with Crippen molar-refractivity contribution in [3.63, 3.8) is 0 Å². The average molecular weight is 1020 g/mol. The third kappa shape index (κ3) is 6.72. The maximum absolute atomic E-state index is 10.7. The quantitative estimate of drug-likeness (QED) is 0.158. The molecule has 80 heavy (non-hydrogen) atoms. The first-order valence-corrected chi connectivity index (χ1v) is 26.5. The molecule has 0 unspecified atom stereocenters. The minimum absolute atomic E-state index is 0.370. The van der Waals surface area contributed by atoms with Crippen molar-refractivity contribution in [1.29, 1.82) is 10.5 Å². The van der Waals surface area contributed by atoms with Crippen LogP contribution in [0.5, 0.6) is 0 Å². The van der Waals surface area contributed by atoms with Gasteiger partial charge in [-0.05, 0) is 97.1 Å². The largest absolute Gasteiger partial charge is 0.309 e. The van der Waals surface area contributed by atoms with Crippen LogP contribution in [0.4, 0.5) is 0 Å². The van der Waals surface area contributed by atoms with E-state index < -0.39 is 0 Å². The summed E-state index contributed by atoms with van der Waals surface area (Å²) in [4.78, 5) is 16.2. The molecule has 11 aromatic carbocycles. The molecule has 0 N–H and O–H groups in total. The van der Waals surface area contributed by atoms with Crippen molar-refractivity contribution in [2.45, 2.75) is 0 Å². The zero-order valence-electron chi connectivity index (χ0n) is 42.7. The highest BCUT2D eigenvalue weighted by molar-refractivity contribution is 6.14. The molecule has 16 aromatic rings. The zero-order valence-corrected chi connectivity index (χ0v) is 42.7. The third-order valence-corrected chi connectivity index (χ3v) is 15.9. The number of benzene rings is 11. The lowest BCUT2D eigenvalue weighted by atomic mass is 10.1. The number of nitrogens with zero attached hydrogens (tertiary/aromatic N) is 9. The number of para-hydroxylation sites is 6. The number of rotatable bonds is 7. The van der Waals surface area contributed by atoms with Crippen molar-refractivity contribution < 1.29 is 0 Å². The van der Waals surface area contributed by atoms with E-state index in [1.54, 1.807) is 0 Å². The molecule has 0 fully saturated rings. The van der Waals surface area contributed by atoms with Crippen LogP contribution in [-0.2, 0) is 0 Å². The van der Waals surface area contributed by atoms with E-state index in [9.17, 15) is 10.5 Å². The van der Waals surface area contributed by atoms with Gasteiger partial charge in [-0.15, -0.1) is 0 Å². The molecule has 9 heteroatoms. The van der Waals surface area contributed by atoms with Crippen LogP contribution < -0.4 is 0 Å². The van der Waals surface area contributed by atoms with E-state index in [4.69, 9.17) is 15.0 Å². The molecule has 0 aliphatic carbocycles. The van der Waals surface area contributed by atoms with Crippen molar-refractivity contribution in [3.8, 4) is 69.1 Å². The molecule has 0 spiro atoms. The van der Waals surface area contributed by atoms with E-state index in [1.165, 1.54) is 21.5 Å². The van der Waals surface area contributed by atoms with Crippen LogP contribution in [0.3, 0.4) is 0 Å². The first-order valence-electron chi connectivity index (χ1n) is 26.5. The summed E-state index contributed by atoms with van der Waals surface area (Å²) in [5.74, 6) is 1.18. The molecule has 0 aliphatic heterocycles. The molecular weight excluding hydrogens is 979 g/mol. The van der Waals surface area contributed by atoms with Gasteiger partial charge < -0.3 is 18.3 Å². The van der Waals surface area contributed by atoms with Gasteiger partial charge in [-0.3, -0.25) is 0 Å². The van der Waals surface area contributed by atoms with E-state index in [0.717, 1.165) is 94.0 Å². The lowest BCUT2D eigenvalue weighted by Crippen LogP contribution is -2.06. The van der Waals surface area contributed by atoms with E-state index >= 15 is 0 Å². The molecular formula is C71H41N9. The molecule has 5 heterocycles.